The second kappa shape index (κ2) is 7.57. The first-order valence-electron chi connectivity index (χ1n) is 8.44. The molecule has 0 radical (unpaired) electrons. The van der Waals surface area contributed by atoms with Gasteiger partial charge >= 0.3 is 5.97 Å². The summed E-state index contributed by atoms with van der Waals surface area (Å²) < 4.78 is 11.2. The summed E-state index contributed by atoms with van der Waals surface area (Å²) in [6.45, 7) is 1.26. The van der Waals surface area contributed by atoms with Crippen molar-refractivity contribution in [2.24, 2.45) is 5.73 Å². The number of hydrogen-bond acceptors (Lipinski definition) is 5. The lowest BCUT2D eigenvalue weighted by molar-refractivity contribution is -0.138. The predicted octanol–water partition coefficient (Wildman–Crippen LogP) is 1.81. The van der Waals surface area contributed by atoms with Crippen LogP contribution in [0.3, 0.4) is 0 Å². The van der Waals surface area contributed by atoms with Crippen molar-refractivity contribution in [3.8, 4) is 0 Å². The van der Waals surface area contributed by atoms with Gasteiger partial charge in [-0.05, 0) is 37.1 Å². The molecule has 0 unspecified atom stereocenters. The largest absolute Gasteiger partial charge is 0.481 e. The highest BCUT2D eigenvalue weighted by Gasteiger charge is 2.26. The lowest BCUT2D eigenvalue weighted by Crippen LogP contribution is -2.40. The number of carbonyl (C=O) groups is 2. The monoisotopic (exact) mass is 359 g/mol. The van der Waals surface area contributed by atoms with Crippen LogP contribution in [-0.4, -0.2) is 53.5 Å². The van der Waals surface area contributed by atoms with E-state index in [2.05, 4.69) is 0 Å². The maximum absolute atomic E-state index is 12.6. The van der Waals surface area contributed by atoms with Crippen molar-refractivity contribution in [1.82, 2.24) is 4.90 Å². The number of fused-ring (bicyclic) bond motifs is 1. The molecule has 4 N–H and O–H groups in total. The van der Waals surface area contributed by atoms with E-state index in [4.69, 9.17) is 25.4 Å². The van der Waals surface area contributed by atoms with E-state index in [1.807, 2.05) is 0 Å². The second-order valence-corrected chi connectivity index (χ2v) is 6.28. The first-order valence-corrected chi connectivity index (χ1v) is 8.44. The Hall–Kier alpha value is -2.87. The molecule has 138 valence electrons. The minimum Gasteiger partial charge on any atom is -0.481 e. The maximum Gasteiger partial charge on any atom is 0.305 e. The quantitative estimate of drug-likeness (QED) is 0.533. The molecule has 1 amide bonds. The highest BCUT2D eigenvalue weighted by molar-refractivity contribution is 6.00. The zero-order valence-corrected chi connectivity index (χ0v) is 14.2. The van der Waals surface area contributed by atoms with E-state index in [0.717, 1.165) is 5.39 Å². The number of rotatable bonds is 6. The van der Waals surface area contributed by atoms with Gasteiger partial charge in [-0.25, -0.2) is 0 Å². The van der Waals surface area contributed by atoms with Crippen molar-refractivity contribution in [2.75, 3.05) is 19.7 Å². The summed E-state index contributed by atoms with van der Waals surface area (Å²) in [6, 6.07) is 6.77. The van der Waals surface area contributed by atoms with Crippen LogP contribution in [0.25, 0.3) is 11.0 Å². The number of nitrogens with one attached hydrogen (secondary N) is 1. The SMILES string of the molecule is N=C(N)c1ccc2oc(C(=O)N3CCC(OCCC(=O)O)CC3)cc2c1. The molecule has 2 aromatic rings. The molecule has 1 aliphatic rings. The number of benzene rings is 1. The number of aliphatic carboxylic acids is 1. The van der Waals surface area contributed by atoms with E-state index >= 15 is 0 Å². The number of likely N-dealkylation sites (tertiary alicyclic amines) is 1. The summed E-state index contributed by atoms with van der Waals surface area (Å²) in [4.78, 5) is 24.9. The topological polar surface area (TPSA) is 130 Å². The van der Waals surface area contributed by atoms with Gasteiger partial charge in [0.15, 0.2) is 5.76 Å². The van der Waals surface area contributed by atoms with Crippen LogP contribution < -0.4 is 5.73 Å². The summed E-state index contributed by atoms with van der Waals surface area (Å²) in [5.41, 5.74) is 6.64. The molecule has 0 atom stereocenters. The Bertz CT molecular complexity index is 836. The lowest BCUT2D eigenvalue weighted by atomic mass is 10.1. The molecular weight excluding hydrogens is 338 g/mol. The molecule has 26 heavy (non-hydrogen) atoms. The van der Waals surface area contributed by atoms with Gasteiger partial charge in [0.1, 0.15) is 11.4 Å². The van der Waals surface area contributed by atoms with Crippen molar-refractivity contribution in [3.63, 3.8) is 0 Å². The van der Waals surface area contributed by atoms with Crippen LogP contribution in [0.5, 0.6) is 0 Å². The van der Waals surface area contributed by atoms with Crippen molar-refractivity contribution >= 4 is 28.7 Å². The Morgan fingerprint density at radius 1 is 1.31 bits per heavy atom. The molecule has 0 aliphatic carbocycles. The molecule has 3 rings (SSSR count). The Balaban J connectivity index is 1.60. The molecule has 8 heteroatoms. The Morgan fingerprint density at radius 3 is 2.69 bits per heavy atom. The number of nitrogens with zero attached hydrogens (tertiary/aromatic N) is 1. The smallest absolute Gasteiger partial charge is 0.305 e. The van der Waals surface area contributed by atoms with E-state index in [0.29, 0.717) is 37.1 Å². The molecule has 0 spiro atoms. The summed E-state index contributed by atoms with van der Waals surface area (Å²) in [6.07, 6.45) is 1.30. The van der Waals surface area contributed by atoms with Gasteiger partial charge in [-0.2, -0.15) is 0 Å². The summed E-state index contributed by atoms with van der Waals surface area (Å²) in [7, 11) is 0. The fourth-order valence-corrected chi connectivity index (χ4v) is 3.01. The van der Waals surface area contributed by atoms with E-state index in [1.54, 1.807) is 29.2 Å². The number of carboxylic acid groups (broad SMARTS) is 1. The standard InChI is InChI=1S/C18H21N3O5/c19-17(20)11-1-2-14-12(9-11)10-15(26-14)18(24)21-6-3-13(4-7-21)25-8-5-16(22)23/h1-2,9-10,13H,3-8H2,(H3,19,20)(H,22,23). The van der Waals surface area contributed by atoms with Gasteiger partial charge in [0, 0.05) is 24.0 Å². The zero-order valence-electron chi connectivity index (χ0n) is 14.2. The number of amidine groups is 1. The van der Waals surface area contributed by atoms with Crippen LogP contribution in [0.2, 0.25) is 0 Å². The first-order chi connectivity index (χ1) is 12.4. The third kappa shape index (κ3) is 4.02. The average molecular weight is 359 g/mol. The maximum atomic E-state index is 12.6. The van der Waals surface area contributed by atoms with Gasteiger partial charge in [0.05, 0.1) is 19.1 Å². The van der Waals surface area contributed by atoms with Gasteiger partial charge in [-0.15, -0.1) is 0 Å². The molecule has 2 heterocycles. The van der Waals surface area contributed by atoms with Gasteiger partial charge in [-0.1, -0.05) is 0 Å². The third-order valence-corrected chi connectivity index (χ3v) is 4.44. The molecular formula is C18H21N3O5. The highest BCUT2D eigenvalue weighted by Crippen LogP contribution is 2.23. The Labute approximate surface area is 150 Å². The number of nitrogen functional groups attached to an aromatic ring is 1. The van der Waals surface area contributed by atoms with Gasteiger partial charge in [0.25, 0.3) is 5.91 Å². The van der Waals surface area contributed by atoms with Crippen LogP contribution in [0.1, 0.15) is 35.4 Å². The van der Waals surface area contributed by atoms with Gasteiger partial charge in [-0.3, -0.25) is 15.0 Å². The lowest BCUT2D eigenvalue weighted by Gasteiger charge is -2.31. The number of nitrogens with two attached hydrogens (primary N) is 1. The summed E-state index contributed by atoms with van der Waals surface area (Å²) in [5.74, 6) is -0.845. The molecule has 0 bridgehead atoms. The highest BCUT2D eigenvalue weighted by atomic mass is 16.5. The normalized spacial score (nSPS) is 15.3. The number of carbonyl (C=O) groups excluding carboxylic acids is 1. The fourth-order valence-electron chi connectivity index (χ4n) is 3.01. The molecule has 1 saturated heterocycles. The van der Waals surface area contributed by atoms with Crippen molar-refractivity contribution in [1.29, 1.82) is 5.41 Å². The number of hydrogen-bond donors (Lipinski definition) is 3. The van der Waals surface area contributed by atoms with E-state index < -0.39 is 5.97 Å². The molecule has 0 saturated carbocycles. The number of furan rings is 1. The van der Waals surface area contributed by atoms with Crippen molar-refractivity contribution in [3.05, 3.63) is 35.6 Å². The molecule has 1 fully saturated rings. The van der Waals surface area contributed by atoms with Crippen molar-refractivity contribution < 1.29 is 23.8 Å². The number of piperidine rings is 1. The van der Waals surface area contributed by atoms with Gasteiger partial charge < -0.3 is 24.9 Å². The van der Waals surface area contributed by atoms with Crippen LogP contribution in [0.15, 0.2) is 28.7 Å². The zero-order chi connectivity index (χ0) is 18.7. The first kappa shape index (κ1) is 17.9. The fraction of sp³-hybridized carbons (Fsp3) is 0.389. The second-order valence-electron chi connectivity index (χ2n) is 6.28. The van der Waals surface area contributed by atoms with E-state index in [-0.39, 0.29) is 36.6 Å². The Kier molecular flexibility index (Phi) is 5.22. The van der Waals surface area contributed by atoms with Crippen LogP contribution >= 0.6 is 0 Å². The Morgan fingerprint density at radius 2 is 2.04 bits per heavy atom. The number of ether oxygens (including phenoxy) is 1. The molecule has 1 aliphatic heterocycles. The number of carboxylic acids is 1. The predicted molar refractivity (Wildman–Crippen MR) is 94.4 cm³/mol. The average Bonchev–Trinajstić information content (AvgIpc) is 3.04. The third-order valence-electron chi connectivity index (χ3n) is 4.44. The van der Waals surface area contributed by atoms with E-state index in [9.17, 15) is 9.59 Å². The van der Waals surface area contributed by atoms with Crippen LogP contribution in [0.4, 0.5) is 0 Å². The minimum absolute atomic E-state index is 0.0135. The molecule has 1 aromatic heterocycles. The van der Waals surface area contributed by atoms with E-state index in [1.165, 1.54) is 0 Å². The van der Waals surface area contributed by atoms with Gasteiger partial charge in [0.2, 0.25) is 0 Å². The van der Waals surface area contributed by atoms with Crippen LogP contribution in [0, 0.1) is 5.41 Å². The summed E-state index contributed by atoms with van der Waals surface area (Å²) in [5, 5.41) is 16.8. The van der Waals surface area contributed by atoms with Crippen LogP contribution in [-0.2, 0) is 9.53 Å². The summed E-state index contributed by atoms with van der Waals surface area (Å²) >= 11 is 0. The molecule has 1 aromatic carbocycles. The number of amides is 1. The molecule has 8 nitrogen and oxygen atoms in total. The minimum atomic E-state index is -0.879. The van der Waals surface area contributed by atoms with Crippen molar-refractivity contribution in [2.45, 2.75) is 25.4 Å².